The van der Waals surface area contributed by atoms with Crippen LogP contribution in [0.4, 0.5) is 0 Å². The van der Waals surface area contributed by atoms with Crippen LogP contribution in [0.15, 0.2) is 53.5 Å². The van der Waals surface area contributed by atoms with Crippen molar-refractivity contribution in [2.45, 2.75) is 33.0 Å². The number of morpholine rings is 1. The van der Waals surface area contributed by atoms with E-state index in [-0.39, 0.29) is 24.0 Å². The molecule has 0 aliphatic carbocycles. The zero-order valence-corrected chi connectivity index (χ0v) is 21.1. The molecule has 1 heterocycles. The van der Waals surface area contributed by atoms with Crippen molar-refractivity contribution in [3.05, 3.63) is 65.2 Å². The largest absolute Gasteiger partial charge is 0.492 e. The molecule has 0 saturated carbocycles. The fraction of sp³-hybridized carbons (Fsp3) is 0.458. The van der Waals surface area contributed by atoms with Gasteiger partial charge in [-0.05, 0) is 37.1 Å². The summed E-state index contributed by atoms with van der Waals surface area (Å²) in [6.07, 6.45) is 0.313. The first-order chi connectivity index (χ1) is 14.6. The normalized spacial score (nSPS) is 17.0. The van der Waals surface area contributed by atoms with Crippen LogP contribution in [0.3, 0.4) is 0 Å². The van der Waals surface area contributed by atoms with Crippen LogP contribution in [-0.4, -0.2) is 56.9 Å². The first-order valence-electron chi connectivity index (χ1n) is 10.7. The lowest BCUT2D eigenvalue weighted by atomic mass is 10.1. The molecule has 2 aromatic rings. The number of hydrogen-bond acceptors (Lipinski definition) is 4. The molecule has 1 saturated heterocycles. The van der Waals surface area contributed by atoms with E-state index in [9.17, 15) is 0 Å². The Hall–Kier alpha value is -1.84. The zero-order valence-electron chi connectivity index (χ0n) is 18.8. The molecule has 2 N–H and O–H groups in total. The molecule has 0 amide bonds. The van der Waals surface area contributed by atoms with E-state index in [1.54, 1.807) is 7.05 Å². The zero-order chi connectivity index (χ0) is 21.2. The molecule has 1 atom stereocenters. The molecule has 0 spiro atoms. The van der Waals surface area contributed by atoms with Crippen LogP contribution in [0, 0.1) is 6.92 Å². The molecule has 0 bridgehead atoms. The minimum absolute atomic E-state index is 0. The van der Waals surface area contributed by atoms with Crippen molar-refractivity contribution in [2.24, 2.45) is 4.99 Å². The molecule has 3 rings (SSSR count). The summed E-state index contributed by atoms with van der Waals surface area (Å²) in [5, 5.41) is 6.68. The van der Waals surface area contributed by atoms with Crippen molar-refractivity contribution in [3.63, 3.8) is 0 Å². The van der Waals surface area contributed by atoms with Gasteiger partial charge in [0.15, 0.2) is 5.96 Å². The van der Waals surface area contributed by atoms with E-state index in [4.69, 9.17) is 9.47 Å². The number of benzene rings is 2. The van der Waals surface area contributed by atoms with Gasteiger partial charge in [-0.1, -0.05) is 42.0 Å². The Balaban J connectivity index is 0.00000341. The molecule has 170 valence electrons. The topological polar surface area (TPSA) is 58.1 Å². The lowest BCUT2D eigenvalue weighted by molar-refractivity contribution is -0.0212. The van der Waals surface area contributed by atoms with Gasteiger partial charge in [0, 0.05) is 33.2 Å². The van der Waals surface area contributed by atoms with E-state index in [1.165, 1.54) is 16.7 Å². The van der Waals surface area contributed by atoms with E-state index in [0.29, 0.717) is 19.3 Å². The Labute approximate surface area is 203 Å². The van der Waals surface area contributed by atoms with Crippen molar-refractivity contribution in [3.8, 4) is 5.75 Å². The maximum atomic E-state index is 5.76. The summed E-state index contributed by atoms with van der Waals surface area (Å²) in [6.45, 7) is 9.96. The summed E-state index contributed by atoms with van der Waals surface area (Å²) in [5.41, 5.74) is 3.80. The van der Waals surface area contributed by atoms with Gasteiger partial charge in [-0.25, -0.2) is 0 Å². The van der Waals surface area contributed by atoms with Crippen LogP contribution in [0.25, 0.3) is 0 Å². The van der Waals surface area contributed by atoms with E-state index >= 15 is 0 Å². The number of ether oxygens (including phenoxy) is 2. The second-order valence-electron chi connectivity index (χ2n) is 7.75. The number of nitrogens with one attached hydrogen (secondary N) is 2. The molecule has 0 aromatic heterocycles. The number of guanidine groups is 1. The van der Waals surface area contributed by atoms with Gasteiger partial charge in [0.2, 0.25) is 0 Å². The summed E-state index contributed by atoms with van der Waals surface area (Å²) in [5.74, 6) is 1.66. The number of aryl methyl sites for hydroxylation is 1. The fourth-order valence-corrected chi connectivity index (χ4v) is 3.51. The average Bonchev–Trinajstić information content (AvgIpc) is 2.75. The lowest BCUT2D eigenvalue weighted by Crippen LogP contribution is -2.40. The minimum Gasteiger partial charge on any atom is -0.492 e. The van der Waals surface area contributed by atoms with Crippen molar-refractivity contribution in [1.82, 2.24) is 15.5 Å². The number of nitrogens with zero attached hydrogens (tertiary/aromatic N) is 2. The Kier molecular flexibility index (Phi) is 11.1. The van der Waals surface area contributed by atoms with Crippen LogP contribution in [0.5, 0.6) is 5.75 Å². The van der Waals surface area contributed by atoms with Gasteiger partial charge in [0.1, 0.15) is 12.4 Å². The number of hydrogen-bond donors (Lipinski definition) is 2. The second-order valence-corrected chi connectivity index (χ2v) is 7.75. The van der Waals surface area contributed by atoms with E-state index in [0.717, 1.165) is 44.5 Å². The molecule has 6 nitrogen and oxygen atoms in total. The summed E-state index contributed by atoms with van der Waals surface area (Å²) in [4.78, 5) is 6.75. The summed E-state index contributed by atoms with van der Waals surface area (Å²) in [7, 11) is 1.78. The third-order valence-corrected chi connectivity index (χ3v) is 5.09. The molecule has 7 heteroatoms. The molecular weight excluding hydrogens is 503 g/mol. The molecule has 1 fully saturated rings. The second kappa shape index (κ2) is 13.5. The molecular formula is C24H35IN4O2. The predicted molar refractivity (Wildman–Crippen MR) is 137 cm³/mol. The van der Waals surface area contributed by atoms with E-state index < -0.39 is 0 Å². The smallest absolute Gasteiger partial charge is 0.191 e. The molecule has 31 heavy (non-hydrogen) atoms. The third-order valence-electron chi connectivity index (χ3n) is 5.09. The first-order valence-corrected chi connectivity index (χ1v) is 10.7. The van der Waals surface area contributed by atoms with Crippen molar-refractivity contribution < 1.29 is 9.47 Å². The van der Waals surface area contributed by atoms with Gasteiger partial charge in [0.25, 0.3) is 0 Å². The fourth-order valence-electron chi connectivity index (χ4n) is 3.51. The van der Waals surface area contributed by atoms with E-state index in [1.807, 2.05) is 12.1 Å². The van der Waals surface area contributed by atoms with Crippen LogP contribution in [0.2, 0.25) is 0 Å². The van der Waals surface area contributed by atoms with Gasteiger partial charge in [-0.15, -0.1) is 24.0 Å². The Morgan fingerprint density at radius 2 is 1.94 bits per heavy atom. The van der Waals surface area contributed by atoms with Gasteiger partial charge in [-0.2, -0.15) is 0 Å². The molecule has 2 aromatic carbocycles. The SMILES string of the molecule is CN=C(NCCOc1ccc(C)cc1)NCc1cccc(CN2CCOC(C)C2)c1.I. The summed E-state index contributed by atoms with van der Waals surface area (Å²) in [6, 6.07) is 16.8. The van der Waals surface area contributed by atoms with E-state index in [2.05, 4.69) is 70.8 Å². The minimum atomic E-state index is 0. The van der Waals surface area contributed by atoms with Crippen molar-refractivity contribution in [2.75, 3.05) is 39.9 Å². The number of aliphatic imine (C=N–C) groups is 1. The van der Waals surface area contributed by atoms with Crippen molar-refractivity contribution in [1.29, 1.82) is 0 Å². The third kappa shape index (κ3) is 9.04. The van der Waals surface area contributed by atoms with Gasteiger partial charge in [-0.3, -0.25) is 9.89 Å². The quantitative estimate of drug-likeness (QED) is 0.233. The molecule has 0 radical (unpaired) electrons. The van der Waals surface area contributed by atoms with Crippen LogP contribution in [-0.2, 0) is 17.8 Å². The maximum absolute atomic E-state index is 5.76. The number of halogens is 1. The lowest BCUT2D eigenvalue weighted by Gasteiger charge is -2.31. The highest BCUT2D eigenvalue weighted by Gasteiger charge is 2.16. The summed E-state index contributed by atoms with van der Waals surface area (Å²) < 4.78 is 11.4. The Morgan fingerprint density at radius 3 is 2.68 bits per heavy atom. The highest BCUT2D eigenvalue weighted by molar-refractivity contribution is 14.0. The maximum Gasteiger partial charge on any atom is 0.191 e. The molecule has 1 aliphatic rings. The van der Waals surface area contributed by atoms with Crippen LogP contribution >= 0.6 is 24.0 Å². The first kappa shape index (κ1) is 25.4. The highest BCUT2D eigenvalue weighted by Crippen LogP contribution is 2.12. The van der Waals surface area contributed by atoms with Gasteiger partial charge in [0.05, 0.1) is 19.3 Å². The van der Waals surface area contributed by atoms with Crippen LogP contribution < -0.4 is 15.4 Å². The highest BCUT2D eigenvalue weighted by atomic mass is 127. The Morgan fingerprint density at radius 1 is 1.16 bits per heavy atom. The Bertz CT molecular complexity index is 813. The predicted octanol–water partition coefficient (Wildman–Crippen LogP) is 3.58. The monoisotopic (exact) mass is 538 g/mol. The van der Waals surface area contributed by atoms with Gasteiger partial charge < -0.3 is 20.1 Å². The summed E-state index contributed by atoms with van der Waals surface area (Å²) >= 11 is 0. The number of rotatable bonds is 8. The standard InChI is InChI=1S/C24H34N4O2.HI/c1-19-7-9-23(10-8-19)30-13-11-26-24(25-3)27-16-21-5-4-6-22(15-21)18-28-12-14-29-20(2)17-28;/h4-10,15,20H,11-14,16-18H2,1-3H3,(H2,25,26,27);1H. The van der Waals surface area contributed by atoms with Crippen LogP contribution in [0.1, 0.15) is 23.6 Å². The van der Waals surface area contributed by atoms with Crippen molar-refractivity contribution >= 4 is 29.9 Å². The van der Waals surface area contributed by atoms with Gasteiger partial charge >= 0.3 is 0 Å². The molecule has 1 aliphatic heterocycles. The average molecular weight is 538 g/mol. The molecule has 1 unspecified atom stereocenters.